The molecule has 3 aromatic rings. The van der Waals surface area contributed by atoms with Crippen LogP contribution in [0.1, 0.15) is 6.92 Å². The average molecular weight is 395 g/mol. The lowest BCUT2D eigenvalue weighted by Crippen LogP contribution is -2.23. The Balaban J connectivity index is 1.43. The van der Waals surface area contributed by atoms with E-state index in [1.54, 1.807) is 6.07 Å². The van der Waals surface area contributed by atoms with Crippen LogP contribution < -0.4 is 14.8 Å². The van der Waals surface area contributed by atoms with Gasteiger partial charge in [0.05, 0.1) is 17.1 Å². The summed E-state index contributed by atoms with van der Waals surface area (Å²) in [5.74, 6) is 1.26. The minimum absolute atomic E-state index is 0.0917. The minimum Gasteiger partial charge on any atom is -0.486 e. The molecule has 2 heterocycles. The highest BCUT2D eigenvalue weighted by Crippen LogP contribution is 2.33. The number of hydrogen-bond acceptors (Lipinski definition) is 5. The van der Waals surface area contributed by atoms with Gasteiger partial charge in [0.2, 0.25) is 5.91 Å². The molecule has 1 aliphatic heterocycles. The number of ether oxygens (including phenoxy) is 2. The third-order valence-corrected chi connectivity index (χ3v) is 5.63. The topological polar surface area (TPSA) is 65.4 Å². The average Bonchev–Trinajstić information content (AvgIpc) is 3.08. The lowest BCUT2D eigenvalue weighted by atomic mass is 10.2. The number of nitrogens with one attached hydrogen (secondary N) is 1. The van der Waals surface area contributed by atoms with Gasteiger partial charge in [-0.15, -0.1) is 0 Å². The minimum atomic E-state index is -0.307. The molecule has 0 radical (unpaired) electrons. The van der Waals surface area contributed by atoms with Gasteiger partial charge in [-0.3, -0.25) is 4.79 Å². The predicted molar refractivity (Wildman–Crippen MR) is 110 cm³/mol. The summed E-state index contributed by atoms with van der Waals surface area (Å²) in [5, 5.41) is 3.43. The zero-order valence-corrected chi connectivity index (χ0v) is 16.5. The largest absolute Gasteiger partial charge is 0.486 e. The highest BCUT2D eigenvalue weighted by Gasteiger charge is 2.20. The van der Waals surface area contributed by atoms with Gasteiger partial charge in [0, 0.05) is 18.8 Å². The van der Waals surface area contributed by atoms with E-state index in [0.717, 1.165) is 16.4 Å². The molecule has 0 unspecified atom stereocenters. The number of hydrogen-bond donors (Lipinski definition) is 1. The van der Waals surface area contributed by atoms with Gasteiger partial charge < -0.3 is 19.4 Å². The first-order valence-electron chi connectivity index (χ1n) is 9.06. The lowest BCUT2D eigenvalue weighted by molar-refractivity contribution is -0.115. The van der Waals surface area contributed by atoms with Crippen molar-refractivity contribution in [3.05, 3.63) is 54.7 Å². The summed E-state index contributed by atoms with van der Waals surface area (Å²) < 4.78 is 13.1. The van der Waals surface area contributed by atoms with Crippen molar-refractivity contribution in [3.63, 3.8) is 0 Å². The normalized spacial score (nSPS) is 13.8. The van der Waals surface area contributed by atoms with Crippen molar-refractivity contribution in [1.29, 1.82) is 0 Å². The zero-order chi connectivity index (χ0) is 19.5. The maximum Gasteiger partial charge on any atom is 0.237 e. The van der Waals surface area contributed by atoms with Crippen LogP contribution in [0.2, 0.25) is 0 Å². The fraction of sp³-hybridized carbons (Fsp3) is 0.238. The van der Waals surface area contributed by atoms with Gasteiger partial charge in [0.15, 0.2) is 16.7 Å². The molecule has 0 aliphatic carbocycles. The number of imidazole rings is 1. The van der Waals surface area contributed by atoms with E-state index >= 15 is 0 Å². The Morgan fingerprint density at radius 1 is 1.14 bits per heavy atom. The standard InChI is InChI=1S/C21H21N3O3S/c1-14(20(25)23-16-8-9-18-19(12-16)27-11-10-26-18)28-21-22-13-17(24(21)2)15-6-4-3-5-7-15/h3-9,12-14H,10-11H2,1-2H3,(H,23,25)/t14-/m1/s1. The second kappa shape index (κ2) is 7.98. The second-order valence-corrected chi connectivity index (χ2v) is 7.77. The zero-order valence-electron chi connectivity index (χ0n) is 15.7. The Morgan fingerprint density at radius 3 is 2.68 bits per heavy atom. The number of amides is 1. The molecule has 144 valence electrons. The predicted octanol–water partition coefficient (Wildman–Crippen LogP) is 3.98. The molecule has 1 N–H and O–H groups in total. The van der Waals surface area contributed by atoms with E-state index in [2.05, 4.69) is 10.3 Å². The molecule has 0 spiro atoms. The number of nitrogens with zero attached hydrogens (tertiary/aromatic N) is 2. The van der Waals surface area contributed by atoms with Gasteiger partial charge in [0.1, 0.15) is 13.2 Å². The van der Waals surface area contributed by atoms with Gasteiger partial charge in [-0.2, -0.15) is 0 Å². The first kappa shape index (κ1) is 18.4. The van der Waals surface area contributed by atoms with E-state index in [4.69, 9.17) is 9.47 Å². The first-order chi connectivity index (χ1) is 13.6. The quantitative estimate of drug-likeness (QED) is 0.662. The third-order valence-electron chi connectivity index (χ3n) is 4.48. The van der Waals surface area contributed by atoms with Crippen LogP contribution in [0.25, 0.3) is 11.3 Å². The summed E-state index contributed by atoms with van der Waals surface area (Å²) in [6, 6.07) is 15.5. The van der Waals surface area contributed by atoms with E-state index < -0.39 is 0 Å². The summed E-state index contributed by atoms with van der Waals surface area (Å²) in [7, 11) is 1.96. The number of carbonyl (C=O) groups excluding carboxylic acids is 1. The molecule has 7 heteroatoms. The van der Waals surface area contributed by atoms with Crippen molar-refractivity contribution in [2.24, 2.45) is 7.05 Å². The van der Waals surface area contributed by atoms with Crippen molar-refractivity contribution in [3.8, 4) is 22.8 Å². The SMILES string of the molecule is C[C@@H](Sc1ncc(-c2ccccc2)n1C)C(=O)Nc1ccc2c(c1)OCCO2. The molecule has 1 aliphatic rings. The fourth-order valence-corrected chi connectivity index (χ4v) is 3.81. The Morgan fingerprint density at radius 2 is 1.89 bits per heavy atom. The molecule has 0 saturated heterocycles. The summed E-state index contributed by atoms with van der Waals surface area (Å²) in [6.45, 7) is 2.93. The van der Waals surface area contributed by atoms with E-state index in [9.17, 15) is 4.79 Å². The summed E-state index contributed by atoms with van der Waals surface area (Å²) in [4.78, 5) is 17.1. The summed E-state index contributed by atoms with van der Waals surface area (Å²) in [5.41, 5.74) is 2.80. The Hall–Kier alpha value is -2.93. The van der Waals surface area contributed by atoms with Crippen LogP contribution in [0, 0.1) is 0 Å². The van der Waals surface area contributed by atoms with Crippen LogP contribution in [0.5, 0.6) is 11.5 Å². The highest BCUT2D eigenvalue weighted by molar-refractivity contribution is 8.00. The van der Waals surface area contributed by atoms with Gasteiger partial charge >= 0.3 is 0 Å². The van der Waals surface area contributed by atoms with E-state index in [1.165, 1.54) is 11.8 Å². The van der Waals surface area contributed by atoms with Gasteiger partial charge in [0.25, 0.3) is 0 Å². The van der Waals surface area contributed by atoms with Gasteiger partial charge in [-0.25, -0.2) is 4.98 Å². The monoisotopic (exact) mass is 395 g/mol. The molecule has 2 aromatic carbocycles. The van der Waals surface area contributed by atoms with Gasteiger partial charge in [-0.05, 0) is 24.6 Å². The Kier molecular flexibility index (Phi) is 5.25. The number of anilines is 1. The number of benzene rings is 2. The van der Waals surface area contributed by atoms with E-state index in [1.807, 2.05) is 67.2 Å². The third kappa shape index (κ3) is 3.84. The number of fused-ring (bicyclic) bond motifs is 1. The molecule has 28 heavy (non-hydrogen) atoms. The maximum atomic E-state index is 12.6. The van der Waals surface area contributed by atoms with E-state index in [0.29, 0.717) is 30.4 Å². The van der Waals surface area contributed by atoms with E-state index in [-0.39, 0.29) is 11.2 Å². The maximum absolute atomic E-state index is 12.6. The Labute approximate surface area is 167 Å². The van der Waals surface area contributed by atoms with Crippen LogP contribution in [-0.2, 0) is 11.8 Å². The molecule has 1 amide bonds. The summed E-state index contributed by atoms with van der Waals surface area (Å²) in [6.07, 6.45) is 1.84. The molecule has 6 nitrogen and oxygen atoms in total. The molecule has 1 aromatic heterocycles. The smallest absolute Gasteiger partial charge is 0.237 e. The number of thioether (sulfide) groups is 1. The molecule has 0 bridgehead atoms. The first-order valence-corrected chi connectivity index (χ1v) is 9.94. The number of rotatable bonds is 5. The lowest BCUT2D eigenvalue weighted by Gasteiger charge is -2.19. The van der Waals surface area contributed by atoms with Crippen molar-refractivity contribution in [2.45, 2.75) is 17.3 Å². The molecule has 0 saturated carbocycles. The van der Waals surface area contributed by atoms with Crippen molar-refractivity contribution < 1.29 is 14.3 Å². The molecule has 1 atom stereocenters. The van der Waals surface area contributed by atoms with Crippen molar-refractivity contribution >= 4 is 23.4 Å². The fourth-order valence-electron chi connectivity index (χ4n) is 2.96. The van der Waals surface area contributed by atoms with Crippen molar-refractivity contribution in [1.82, 2.24) is 9.55 Å². The van der Waals surface area contributed by atoms with Crippen LogP contribution in [-0.4, -0.2) is 33.9 Å². The molecule has 0 fully saturated rings. The van der Waals surface area contributed by atoms with Crippen molar-refractivity contribution in [2.75, 3.05) is 18.5 Å². The van der Waals surface area contributed by atoms with Crippen LogP contribution in [0.15, 0.2) is 59.9 Å². The molecular weight excluding hydrogens is 374 g/mol. The van der Waals surface area contributed by atoms with Gasteiger partial charge in [-0.1, -0.05) is 42.1 Å². The highest BCUT2D eigenvalue weighted by atomic mass is 32.2. The molecule has 4 rings (SSSR count). The summed E-state index contributed by atoms with van der Waals surface area (Å²) >= 11 is 1.43. The Bertz CT molecular complexity index is 988. The molecular formula is C21H21N3O3S. The number of aromatic nitrogens is 2. The number of carbonyl (C=O) groups is 1. The van der Waals surface area contributed by atoms with Crippen LogP contribution in [0.3, 0.4) is 0 Å². The van der Waals surface area contributed by atoms with Crippen LogP contribution >= 0.6 is 11.8 Å². The van der Waals surface area contributed by atoms with Crippen LogP contribution in [0.4, 0.5) is 5.69 Å². The second-order valence-electron chi connectivity index (χ2n) is 6.46.